The molecule has 0 radical (unpaired) electrons. The maximum Gasteiger partial charge on any atom is 0.351 e. The van der Waals surface area contributed by atoms with E-state index in [0.717, 1.165) is 6.42 Å². The van der Waals surface area contributed by atoms with Crippen molar-refractivity contribution >= 4 is 5.82 Å². The Bertz CT molecular complexity index is 473. The van der Waals surface area contributed by atoms with Crippen LogP contribution in [0.5, 0.6) is 0 Å². The minimum atomic E-state index is -0.394. The van der Waals surface area contributed by atoms with Crippen molar-refractivity contribution in [3.05, 3.63) is 22.7 Å². The van der Waals surface area contributed by atoms with Crippen LogP contribution in [0, 0.1) is 11.8 Å². The number of anilines is 1. The number of nitrogens with two attached hydrogens (primary N) is 1. The number of ether oxygens (including phenoxy) is 1. The number of nitrogens with zero attached hydrogens (tertiary/aromatic N) is 2. The zero-order chi connectivity index (χ0) is 11.3. The average molecular weight is 223 g/mol. The summed E-state index contributed by atoms with van der Waals surface area (Å²) in [7, 11) is 0. The quantitative estimate of drug-likeness (QED) is 0.695. The number of aliphatic hydroxyl groups is 1. The lowest BCUT2D eigenvalue weighted by atomic mass is 10.2. The lowest BCUT2D eigenvalue weighted by molar-refractivity contribution is -0.0516. The van der Waals surface area contributed by atoms with E-state index in [-0.39, 0.29) is 24.8 Å². The molecular formula is C10H13N3O3. The highest BCUT2D eigenvalue weighted by Crippen LogP contribution is 2.56. The molecule has 0 aromatic carbocycles. The number of rotatable bonds is 2. The van der Waals surface area contributed by atoms with Gasteiger partial charge in [0.2, 0.25) is 0 Å². The average Bonchev–Trinajstić information content (AvgIpc) is 2.96. The molecule has 2 fully saturated rings. The molecule has 2 heterocycles. The molecule has 86 valence electrons. The van der Waals surface area contributed by atoms with Gasteiger partial charge >= 0.3 is 5.69 Å². The largest absolute Gasteiger partial charge is 0.394 e. The lowest BCUT2D eigenvalue weighted by Gasteiger charge is -2.18. The summed E-state index contributed by atoms with van der Waals surface area (Å²) in [5.41, 5.74) is 5.03. The molecule has 6 heteroatoms. The van der Waals surface area contributed by atoms with Gasteiger partial charge in [-0.1, -0.05) is 0 Å². The molecule has 16 heavy (non-hydrogen) atoms. The van der Waals surface area contributed by atoms with E-state index in [1.54, 1.807) is 12.3 Å². The molecule has 3 N–H and O–H groups in total. The van der Waals surface area contributed by atoms with Crippen LogP contribution in [0.25, 0.3) is 0 Å². The number of aliphatic hydroxyl groups excluding tert-OH is 1. The van der Waals surface area contributed by atoms with E-state index < -0.39 is 5.69 Å². The van der Waals surface area contributed by atoms with E-state index in [9.17, 15) is 4.79 Å². The first-order chi connectivity index (χ1) is 7.70. The Morgan fingerprint density at radius 1 is 1.62 bits per heavy atom. The molecule has 1 aromatic heterocycles. The normalized spacial score (nSPS) is 36.1. The lowest BCUT2D eigenvalue weighted by Crippen LogP contribution is -2.29. The maximum atomic E-state index is 11.6. The third-order valence-electron chi connectivity index (χ3n) is 3.35. The second-order valence-corrected chi connectivity index (χ2v) is 4.35. The van der Waals surface area contributed by atoms with Crippen LogP contribution in [0.15, 0.2) is 17.1 Å². The first kappa shape index (κ1) is 9.80. The summed E-state index contributed by atoms with van der Waals surface area (Å²) in [6.45, 7) is 0.00875. The van der Waals surface area contributed by atoms with Crippen molar-refractivity contribution in [3.8, 4) is 0 Å². The van der Waals surface area contributed by atoms with Gasteiger partial charge in [-0.2, -0.15) is 4.98 Å². The Labute approximate surface area is 91.7 Å². The van der Waals surface area contributed by atoms with Crippen LogP contribution in [0.3, 0.4) is 0 Å². The summed E-state index contributed by atoms with van der Waals surface area (Å²) in [6.07, 6.45) is 2.18. The molecule has 4 atom stereocenters. The zero-order valence-corrected chi connectivity index (χ0v) is 8.61. The second kappa shape index (κ2) is 3.29. The highest BCUT2D eigenvalue weighted by atomic mass is 16.5. The summed E-state index contributed by atoms with van der Waals surface area (Å²) in [6, 6.07) is 1.58. The van der Waals surface area contributed by atoms with Crippen LogP contribution in [0.2, 0.25) is 0 Å². The maximum absolute atomic E-state index is 11.6. The summed E-state index contributed by atoms with van der Waals surface area (Å²) < 4.78 is 7.07. The third kappa shape index (κ3) is 1.34. The monoisotopic (exact) mass is 223 g/mol. The van der Waals surface area contributed by atoms with Crippen LogP contribution in [-0.2, 0) is 4.74 Å². The van der Waals surface area contributed by atoms with Crippen LogP contribution in [-0.4, -0.2) is 27.4 Å². The Morgan fingerprint density at radius 2 is 2.44 bits per heavy atom. The van der Waals surface area contributed by atoms with Crippen LogP contribution >= 0.6 is 0 Å². The van der Waals surface area contributed by atoms with Gasteiger partial charge in [-0.15, -0.1) is 0 Å². The summed E-state index contributed by atoms with van der Waals surface area (Å²) in [4.78, 5) is 15.3. The van der Waals surface area contributed by atoms with Crippen molar-refractivity contribution in [2.24, 2.45) is 11.8 Å². The van der Waals surface area contributed by atoms with Crippen molar-refractivity contribution in [1.82, 2.24) is 9.55 Å². The van der Waals surface area contributed by atoms with Gasteiger partial charge in [0.05, 0.1) is 12.7 Å². The zero-order valence-electron chi connectivity index (χ0n) is 8.61. The molecule has 0 spiro atoms. The molecule has 1 aliphatic carbocycles. The molecule has 1 aliphatic heterocycles. The number of aromatic nitrogens is 2. The molecule has 0 bridgehead atoms. The topological polar surface area (TPSA) is 90.4 Å². The van der Waals surface area contributed by atoms with E-state index in [1.165, 1.54) is 4.57 Å². The number of hydrogen-bond acceptors (Lipinski definition) is 5. The van der Waals surface area contributed by atoms with Crippen molar-refractivity contribution < 1.29 is 9.84 Å². The molecule has 0 amide bonds. The van der Waals surface area contributed by atoms with Crippen LogP contribution in [0.4, 0.5) is 5.82 Å². The van der Waals surface area contributed by atoms with Gasteiger partial charge in [0, 0.05) is 12.1 Å². The van der Waals surface area contributed by atoms with Crippen molar-refractivity contribution in [2.75, 3.05) is 12.3 Å². The van der Waals surface area contributed by atoms with E-state index in [1.807, 2.05) is 0 Å². The van der Waals surface area contributed by atoms with Gasteiger partial charge in [-0.3, -0.25) is 4.57 Å². The molecular weight excluding hydrogens is 210 g/mol. The number of fused-ring (bicyclic) bond motifs is 1. The predicted molar refractivity (Wildman–Crippen MR) is 55.5 cm³/mol. The van der Waals surface area contributed by atoms with Gasteiger partial charge in [-0.05, 0) is 18.4 Å². The first-order valence-electron chi connectivity index (χ1n) is 5.31. The highest BCUT2D eigenvalue weighted by Gasteiger charge is 2.56. The van der Waals surface area contributed by atoms with Crippen molar-refractivity contribution in [1.29, 1.82) is 0 Å². The standard InChI is InChI=1S/C10H13N3O3/c11-8-1-2-13(10(15)12-8)9-6-3-5(6)7(4-14)16-9/h1-2,5-7,9,14H,3-4H2,(H2,11,12,15)/t5-,6+,7+,9+/m0/s1. The van der Waals surface area contributed by atoms with Gasteiger partial charge in [0.1, 0.15) is 12.0 Å². The van der Waals surface area contributed by atoms with Gasteiger partial charge in [-0.25, -0.2) is 4.79 Å². The smallest absolute Gasteiger partial charge is 0.351 e. The highest BCUT2D eigenvalue weighted by molar-refractivity contribution is 5.23. The predicted octanol–water partition coefficient (Wildman–Crippen LogP) is -0.649. The second-order valence-electron chi connectivity index (χ2n) is 4.35. The fourth-order valence-corrected chi connectivity index (χ4v) is 2.44. The van der Waals surface area contributed by atoms with E-state index in [0.29, 0.717) is 11.8 Å². The Hall–Kier alpha value is -1.40. The summed E-state index contributed by atoms with van der Waals surface area (Å²) in [5.74, 6) is 0.935. The third-order valence-corrected chi connectivity index (χ3v) is 3.35. The summed E-state index contributed by atoms with van der Waals surface area (Å²) >= 11 is 0. The van der Waals surface area contributed by atoms with Crippen molar-refractivity contribution in [2.45, 2.75) is 18.8 Å². The Morgan fingerprint density at radius 3 is 3.06 bits per heavy atom. The van der Waals surface area contributed by atoms with Gasteiger partial charge in [0.15, 0.2) is 0 Å². The minimum absolute atomic E-state index is 0.00875. The number of hydrogen-bond donors (Lipinski definition) is 2. The molecule has 0 unspecified atom stereocenters. The fourth-order valence-electron chi connectivity index (χ4n) is 2.44. The fraction of sp³-hybridized carbons (Fsp3) is 0.600. The van der Waals surface area contributed by atoms with E-state index in [2.05, 4.69) is 4.98 Å². The van der Waals surface area contributed by atoms with Crippen molar-refractivity contribution in [3.63, 3.8) is 0 Å². The SMILES string of the molecule is Nc1ccn([C@@H]2O[C@H](CO)[C@H]3C[C@H]32)c(=O)n1. The number of nitrogen functional groups attached to an aromatic ring is 1. The van der Waals surface area contributed by atoms with Gasteiger partial charge in [0.25, 0.3) is 0 Å². The first-order valence-corrected chi connectivity index (χ1v) is 5.31. The van der Waals surface area contributed by atoms with Crippen LogP contribution in [0.1, 0.15) is 12.6 Å². The van der Waals surface area contributed by atoms with E-state index >= 15 is 0 Å². The molecule has 1 saturated heterocycles. The molecule has 1 aromatic rings. The molecule has 1 saturated carbocycles. The Balaban J connectivity index is 1.91. The van der Waals surface area contributed by atoms with Gasteiger partial charge < -0.3 is 15.6 Å². The molecule has 6 nitrogen and oxygen atoms in total. The van der Waals surface area contributed by atoms with Crippen LogP contribution < -0.4 is 11.4 Å². The Kier molecular flexibility index (Phi) is 2.02. The summed E-state index contributed by atoms with van der Waals surface area (Å²) in [5, 5.41) is 9.09. The minimum Gasteiger partial charge on any atom is -0.394 e. The van der Waals surface area contributed by atoms with E-state index in [4.69, 9.17) is 15.6 Å². The molecule has 3 rings (SSSR count). The molecule has 2 aliphatic rings.